The van der Waals surface area contributed by atoms with Crippen molar-refractivity contribution in [2.75, 3.05) is 42.7 Å². The second-order valence-corrected chi connectivity index (χ2v) is 11.3. The number of para-hydroxylation sites is 1. The lowest BCUT2D eigenvalue weighted by molar-refractivity contribution is -0.228. The summed E-state index contributed by atoms with van der Waals surface area (Å²) in [5, 5.41) is 10.9. The number of benzene rings is 1. The van der Waals surface area contributed by atoms with Gasteiger partial charge in [-0.25, -0.2) is 19.7 Å². The number of aromatic nitrogens is 3. The highest BCUT2D eigenvalue weighted by Crippen LogP contribution is 2.42. The molecule has 0 amide bonds. The number of halogens is 4. The van der Waals surface area contributed by atoms with Crippen LogP contribution in [0.15, 0.2) is 40.9 Å². The first-order chi connectivity index (χ1) is 20.5. The Hall–Kier alpha value is -3.88. The number of hydrogen-bond donors (Lipinski definition) is 1. The topological polar surface area (TPSA) is 123 Å². The molecule has 0 saturated carbocycles. The Morgan fingerprint density at radius 3 is 2.72 bits per heavy atom. The zero-order valence-corrected chi connectivity index (χ0v) is 23.4. The molecule has 7 rings (SSSR count). The first kappa shape index (κ1) is 27.9. The molecule has 43 heavy (non-hydrogen) atoms. The standard InChI is InChI=1S/C28H25ClF3N5O6/c1-14-27(12-40-13-27)41-7-6-36(14)18-8-15(29)10-33-24(18)42-16-9-19(25(38)39)37(11-16)23-22-21(34-26(35-23)28(30,31)32)17-4-2-3-5-20(17)43-22/h2-5,8,10,14,16,19H,6-7,9,11-13H2,1H3,(H,38,39)/t14-,16-,19-/m0/s1. The molecule has 3 atom stereocenters. The van der Waals surface area contributed by atoms with Crippen LogP contribution in [-0.2, 0) is 20.4 Å². The molecule has 0 aliphatic carbocycles. The number of hydrogen-bond acceptors (Lipinski definition) is 10. The number of rotatable bonds is 5. The molecule has 3 aliphatic heterocycles. The summed E-state index contributed by atoms with van der Waals surface area (Å²) in [5.41, 5.74) is 0.328. The molecule has 3 aromatic heterocycles. The molecule has 0 radical (unpaired) electrons. The van der Waals surface area contributed by atoms with Gasteiger partial charge in [0, 0.05) is 24.5 Å². The molecule has 3 aliphatic rings. The first-order valence-corrected chi connectivity index (χ1v) is 14.0. The summed E-state index contributed by atoms with van der Waals surface area (Å²) in [6, 6.07) is 6.87. The Kier molecular flexibility index (Phi) is 6.56. The van der Waals surface area contributed by atoms with E-state index in [-0.39, 0.29) is 41.8 Å². The Bertz CT molecular complexity index is 1730. The summed E-state index contributed by atoms with van der Waals surface area (Å²) in [6.07, 6.45) is -4.28. The highest BCUT2D eigenvalue weighted by Gasteiger charge is 2.50. The molecule has 15 heteroatoms. The van der Waals surface area contributed by atoms with Crippen LogP contribution in [0.25, 0.3) is 22.1 Å². The molecule has 1 N–H and O–H groups in total. The number of carbonyl (C=O) groups is 1. The van der Waals surface area contributed by atoms with Gasteiger partial charge in [0.15, 0.2) is 11.4 Å². The third kappa shape index (κ3) is 4.68. The fourth-order valence-corrected chi connectivity index (χ4v) is 6.17. The number of morpholine rings is 1. The molecule has 0 bridgehead atoms. The summed E-state index contributed by atoms with van der Waals surface area (Å²) in [6.45, 7) is 3.78. The van der Waals surface area contributed by atoms with Gasteiger partial charge in [0.25, 0.3) is 0 Å². The Labute approximate surface area is 247 Å². The second kappa shape index (κ2) is 10.1. The molecule has 1 aromatic carbocycles. The van der Waals surface area contributed by atoms with E-state index in [4.69, 9.17) is 30.2 Å². The smallest absolute Gasteiger partial charge is 0.451 e. The summed E-state index contributed by atoms with van der Waals surface area (Å²) >= 11 is 6.32. The van der Waals surface area contributed by atoms with Crippen LogP contribution in [0.5, 0.6) is 5.88 Å². The Morgan fingerprint density at radius 1 is 1.21 bits per heavy atom. The highest BCUT2D eigenvalue weighted by molar-refractivity contribution is 6.30. The maximum Gasteiger partial charge on any atom is 0.451 e. The van der Waals surface area contributed by atoms with Gasteiger partial charge in [0.1, 0.15) is 34.5 Å². The summed E-state index contributed by atoms with van der Waals surface area (Å²) < 4.78 is 65.4. The van der Waals surface area contributed by atoms with Crippen LogP contribution in [0.4, 0.5) is 24.7 Å². The number of ether oxygens (including phenoxy) is 3. The van der Waals surface area contributed by atoms with E-state index in [0.717, 1.165) is 0 Å². The zero-order valence-electron chi connectivity index (χ0n) is 22.7. The monoisotopic (exact) mass is 619 g/mol. The number of nitrogens with zero attached hydrogens (tertiary/aromatic N) is 5. The van der Waals surface area contributed by atoms with Crippen molar-refractivity contribution in [2.45, 2.75) is 43.3 Å². The predicted octanol–water partition coefficient (Wildman–Crippen LogP) is 4.55. The SMILES string of the molecule is C[C@@H]1N(c2cc(Cl)cnc2O[C@H]2C[C@@H](C(=O)O)N(c3nc(C(F)(F)F)nc4c3oc3ccccc34)C2)CCOC12COC2. The van der Waals surface area contributed by atoms with Crippen molar-refractivity contribution in [3.63, 3.8) is 0 Å². The van der Waals surface area contributed by atoms with Gasteiger partial charge in [-0.15, -0.1) is 0 Å². The summed E-state index contributed by atoms with van der Waals surface area (Å²) in [4.78, 5) is 27.7. The first-order valence-electron chi connectivity index (χ1n) is 13.6. The second-order valence-electron chi connectivity index (χ2n) is 10.9. The van der Waals surface area contributed by atoms with E-state index >= 15 is 0 Å². The average Bonchev–Trinajstić information content (AvgIpc) is 3.54. The van der Waals surface area contributed by atoms with Crippen molar-refractivity contribution < 1.29 is 41.7 Å². The van der Waals surface area contributed by atoms with E-state index in [1.165, 1.54) is 11.1 Å². The Balaban J connectivity index is 1.25. The van der Waals surface area contributed by atoms with Crippen molar-refractivity contribution >= 4 is 51.1 Å². The molecular formula is C28H25ClF3N5O6. The number of furan rings is 1. The number of pyridine rings is 1. The molecule has 11 nitrogen and oxygen atoms in total. The number of carboxylic acids is 1. The number of alkyl halides is 3. The normalized spacial score (nSPS) is 23.7. The van der Waals surface area contributed by atoms with Crippen LogP contribution in [0.1, 0.15) is 19.2 Å². The number of anilines is 2. The summed E-state index contributed by atoms with van der Waals surface area (Å²) in [7, 11) is 0. The minimum atomic E-state index is -4.88. The Morgan fingerprint density at radius 2 is 2.00 bits per heavy atom. The van der Waals surface area contributed by atoms with Crippen molar-refractivity contribution in [1.29, 1.82) is 0 Å². The molecule has 6 heterocycles. The average molecular weight is 620 g/mol. The molecule has 226 valence electrons. The maximum absolute atomic E-state index is 13.9. The van der Waals surface area contributed by atoms with Gasteiger partial charge < -0.3 is 33.5 Å². The highest BCUT2D eigenvalue weighted by atomic mass is 35.5. The van der Waals surface area contributed by atoms with Gasteiger partial charge >= 0.3 is 12.1 Å². The third-order valence-electron chi connectivity index (χ3n) is 8.31. The molecule has 3 fully saturated rings. The number of fused-ring (bicyclic) bond motifs is 3. The van der Waals surface area contributed by atoms with Gasteiger partial charge in [-0.2, -0.15) is 13.2 Å². The van der Waals surface area contributed by atoms with Crippen LogP contribution in [0.3, 0.4) is 0 Å². The maximum atomic E-state index is 13.9. The minimum Gasteiger partial charge on any atom is -0.480 e. The van der Waals surface area contributed by atoms with Crippen LogP contribution >= 0.6 is 11.6 Å². The lowest BCUT2D eigenvalue weighted by atomic mass is 9.90. The lowest BCUT2D eigenvalue weighted by Gasteiger charge is -2.53. The zero-order chi connectivity index (χ0) is 30.1. The third-order valence-corrected chi connectivity index (χ3v) is 8.51. The fraction of sp³-hybridized carbons (Fsp3) is 0.429. The quantitative estimate of drug-likeness (QED) is 0.338. The fourth-order valence-electron chi connectivity index (χ4n) is 6.02. The van der Waals surface area contributed by atoms with Gasteiger partial charge in [-0.05, 0) is 25.1 Å². The van der Waals surface area contributed by atoms with Crippen molar-refractivity contribution in [3.8, 4) is 5.88 Å². The van der Waals surface area contributed by atoms with E-state index in [1.807, 2.05) is 6.92 Å². The van der Waals surface area contributed by atoms with E-state index in [9.17, 15) is 23.1 Å². The van der Waals surface area contributed by atoms with Crippen LogP contribution in [0.2, 0.25) is 5.02 Å². The molecule has 3 saturated heterocycles. The van der Waals surface area contributed by atoms with Crippen molar-refractivity contribution in [1.82, 2.24) is 15.0 Å². The van der Waals surface area contributed by atoms with Crippen LogP contribution < -0.4 is 14.5 Å². The minimum absolute atomic E-state index is 0.0402. The van der Waals surface area contributed by atoms with Gasteiger partial charge in [-0.3, -0.25) is 0 Å². The van der Waals surface area contributed by atoms with E-state index in [1.54, 1.807) is 30.3 Å². The number of aliphatic carboxylic acids is 1. The van der Waals surface area contributed by atoms with Crippen LogP contribution in [0, 0.1) is 0 Å². The largest absolute Gasteiger partial charge is 0.480 e. The van der Waals surface area contributed by atoms with E-state index < -0.39 is 35.7 Å². The van der Waals surface area contributed by atoms with Crippen molar-refractivity contribution in [3.05, 3.63) is 47.4 Å². The summed E-state index contributed by atoms with van der Waals surface area (Å²) in [5.74, 6) is -2.70. The van der Waals surface area contributed by atoms with Crippen molar-refractivity contribution in [2.24, 2.45) is 0 Å². The van der Waals surface area contributed by atoms with Gasteiger partial charge in [0.2, 0.25) is 11.7 Å². The van der Waals surface area contributed by atoms with Gasteiger partial charge in [-0.1, -0.05) is 23.7 Å². The molecular weight excluding hydrogens is 595 g/mol. The number of carboxylic acid groups (broad SMARTS) is 1. The van der Waals surface area contributed by atoms with E-state index in [0.29, 0.717) is 48.0 Å². The van der Waals surface area contributed by atoms with Gasteiger partial charge in [0.05, 0.1) is 37.4 Å². The molecule has 4 aromatic rings. The molecule has 0 unspecified atom stereocenters. The van der Waals surface area contributed by atoms with E-state index in [2.05, 4.69) is 19.9 Å². The molecule has 1 spiro atoms. The predicted molar refractivity (Wildman–Crippen MR) is 148 cm³/mol. The lowest BCUT2D eigenvalue weighted by Crippen LogP contribution is -2.68. The van der Waals surface area contributed by atoms with Crippen LogP contribution in [-0.4, -0.2) is 82.7 Å².